The molecule has 0 aliphatic carbocycles. The van der Waals surface area contributed by atoms with Crippen molar-refractivity contribution < 1.29 is 18.4 Å². The van der Waals surface area contributed by atoms with Crippen LogP contribution in [0.2, 0.25) is 0 Å². The van der Waals surface area contributed by atoms with Gasteiger partial charge >= 0.3 is 0 Å². The Balaban J connectivity index is 1.77. The SMILES string of the molecule is CCC1CCCCN1C(=O)c1cccc(C(=O)Nc2ccc(F)c(F)c2)c1. The van der Waals surface area contributed by atoms with Gasteiger partial charge in [-0.15, -0.1) is 0 Å². The van der Waals surface area contributed by atoms with Crippen LogP contribution in [0.4, 0.5) is 14.5 Å². The van der Waals surface area contributed by atoms with E-state index in [0.717, 1.165) is 44.4 Å². The average Bonchev–Trinajstić information content (AvgIpc) is 2.70. The van der Waals surface area contributed by atoms with Gasteiger partial charge in [-0.3, -0.25) is 9.59 Å². The molecule has 0 spiro atoms. The molecule has 1 heterocycles. The second-order valence-corrected chi connectivity index (χ2v) is 6.72. The van der Waals surface area contributed by atoms with Crippen molar-refractivity contribution in [2.45, 2.75) is 38.6 Å². The zero-order valence-electron chi connectivity index (χ0n) is 15.2. The summed E-state index contributed by atoms with van der Waals surface area (Å²) >= 11 is 0. The number of piperidine rings is 1. The smallest absolute Gasteiger partial charge is 0.255 e. The van der Waals surface area contributed by atoms with Gasteiger partial charge in [0.2, 0.25) is 0 Å². The minimum absolute atomic E-state index is 0.0796. The molecule has 142 valence electrons. The number of likely N-dealkylation sites (tertiary alicyclic amines) is 1. The van der Waals surface area contributed by atoms with Crippen molar-refractivity contribution in [2.24, 2.45) is 0 Å². The molecule has 2 amide bonds. The van der Waals surface area contributed by atoms with Crippen molar-refractivity contribution in [1.29, 1.82) is 0 Å². The Labute approximate surface area is 157 Å². The van der Waals surface area contributed by atoms with Crippen LogP contribution in [0.25, 0.3) is 0 Å². The van der Waals surface area contributed by atoms with Crippen molar-refractivity contribution in [1.82, 2.24) is 4.90 Å². The van der Waals surface area contributed by atoms with Gasteiger partial charge in [-0.2, -0.15) is 0 Å². The Bertz CT molecular complexity index is 854. The highest BCUT2D eigenvalue weighted by molar-refractivity contribution is 6.06. The Morgan fingerprint density at radius 2 is 1.85 bits per heavy atom. The number of amides is 2. The summed E-state index contributed by atoms with van der Waals surface area (Å²) in [4.78, 5) is 27.2. The maximum absolute atomic E-state index is 13.3. The van der Waals surface area contributed by atoms with Gasteiger partial charge in [0.25, 0.3) is 11.8 Å². The van der Waals surface area contributed by atoms with Crippen molar-refractivity contribution in [2.75, 3.05) is 11.9 Å². The lowest BCUT2D eigenvalue weighted by Crippen LogP contribution is -2.43. The summed E-state index contributed by atoms with van der Waals surface area (Å²) in [6.45, 7) is 2.80. The van der Waals surface area contributed by atoms with E-state index in [4.69, 9.17) is 0 Å². The largest absolute Gasteiger partial charge is 0.336 e. The first-order valence-electron chi connectivity index (χ1n) is 9.17. The van der Waals surface area contributed by atoms with Crippen molar-refractivity contribution >= 4 is 17.5 Å². The lowest BCUT2D eigenvalue weighted by atomic mass is 9.98. The zero-order chi connectivity index (χ0) is 19.4. The molecule has 3 rings (SSSR count). The highest BCUT2D eigenvalue weighted by Gasteiger charge is 2.26. The first-order valence-corrected chi connectivity index (χ1v) is 9.17. The van der Waals surface area contributed by atoms with Crippen LogP contribution in [0.1, 0.15) is 53.3 Å². The van der Waals surface area contributed by atoms with E-state index in [0.29, 0.717) is 5.56 Å². The fourth-order valence-electron chi connectivity index (χ4n) is 3.43. The molecule has 0 saturated carbocycles. The monoisotopic (exact) mass is 372 g/mol. The molecule has 0 bridgehead atoms. The molecular formula is C21H22F2N2O2. The number of carbonyl (C=O) groups excluding carboxylic acids is 2. The Hall–Kier alpha value is -2.76. The van der Waals surface area contributed by atoms with Crippen LogP contribution in [0.3, 0.4) is 0 Å². The third-order valence-electron chi connectivity index (χ3n) is 4.91. The fraction of sp³-hybridized carbons (Fsp3) is 0.333. The summed E-state index contributed by atoms with van der Waals surface area (Å²) in [5, 5.41) is 2.52. The number of hydrogen-bond donors (Lipinski definition) is 1. The van der Waals surface area contributed by atoms with Gasteiger partial charge in [0, 0.05) is 35.5 Å². The summed E-state index contributed by atoms with van der Waals surface area (Å²) in [5.41, 5.74) is 0.890. The molecule has 1 unspecified atom stereocenters. The van der Waals surface area contributed by atoms with Gasteiger partial charge in [0.05, 0.1) is 0 Å². The zero-order valence-corrected chi connectivity index (χ0v) is 15.2. The summed E-state index contributed by atoms with van der Waals surface area (Å²) in [5.74, 6) is -2.58. The minimum atomic E-state index is -1.03. The number of nitrogens with one attached hydrogen (secondary N) is 1. The molecule has 1 aliphatic heterocycles. The van der Waals surface area contributed by atoms with Gasteiger partial charge in [-0.25, -0.2) is 8.78 Å². The molecule has 1 N–H and O–H groups in total. The Kier molecular flexibility index (Phi) is 5.84. The normalized spacial score (nSPS) is 16.9. The van der Waals surface area contributed by atoms with Crippen LogP contribution in [0, 0.1) is 11.6 Å². The van der Waals surface area contributed by atoms with Crippen molar-refractivity contribution in [3.05, 3.63) is 65.2 Å². The van der Waals surface area contributed by atoms with Crippen LogP contribution < -0.4 is 5.32 Å². The second-order valence-electron chi connectivity index (χ2n) is 6.72. The topological polar surface area (TPSA) is 49.4 Å². The second kappa shape index (κ2) is 8.29. The Morgan fingerprint density at radius 3 is 2.59 bits per heavy atom. The van der Waals surface area contributed by atoms with Crippen LogP contribution in [0.5, 0.6) is 0 Å². The quantitative estimate of drug-likeness (QED) is 0.851. The molecule has 2 aromatic carbocycles. The maximum atomic E-state index is 13.3. The van der Waals surface area contributed by atoms with E-state index in [-0.39, 0.29) is 23.2 Å². The standard InChI is InChI=1S/C21H22F2N2O2/c1-2-17-8-3-4-11-25(17)21(27)15-7-5-6-14(12-15)20(26)24-16-9-10-18(22)19(23)13-16/h5-7,9-10,12-13,17H,2-4,8,11H2,1H3,(H,24,26). The third kappa shape index (κ3) is 4.32. The molecule has 6 heteroatoms. The summed E-state index contributed by atoms with van der Waals surface area (Å²) in [6.07, 6.45) is 4.01. The minimum Gasteiger partial charge on any atom is -0.336 e. The number of benzene rings is 2. The average molecular weight is 372 g/mol. The van der Waals surface area contributed by atoms with E-state index in [1.807, 2.05) is 4.90 Å². The lowest BCUT2D eigenvalue weighted by molar-refractivity contribution is 0.0608. The van der Waals surface area contributed by atoms with Crippen LogP contribution >= 0.6 is 0 Å². The molecule has 0 radical (unpaired) electrons. The first kappa shape index (κ1) is 19.0. The number of nitrogens with zero attached hydrogens (tertiary/aromatic N) is 1. The Morgan fingerprint density at radius 1 is 1.07 bits per heavy atom. The van der Waals surface area contributed by atoms with Gasteiger partial charge < -0.3 is 10.2 Å². The number of hydrogen-bond acceptors (Lipinski definition) is 2. The molecule has 4 nitrogen and oxygen atoms in total. The fourth-order valence-corrected chi connectivity index (χ4v) is 3.43. The molecule has 1 atom stereocenters. The van der Waals surface area contributed by atoms with E-state index in [1.165, 1.54) is 6.07 Å². The molecule has 1 fully saturated rings. The summed E-state index contributed by atoms with van der Waals surface area (Å²) in [7, 11) is 0. The highest BCUT2D eigenvalue weighted by Crippen LogP contribution is 2.22. The highest BCUT2D eigenvalue weighted by atomic mass is 19.2. The van der Waals surface area contributed by atoms with E-state index >= 15 is 0 Å². The number of anilines is 1. The maximum Gasteiger partial charge on any atom is 0.255 e. The predicted octanol–water partition coefficient (Wildman–Crippen LogP) is 4.62. The van der Waals surface area contributed by atoms with Crippen molar-refractivity contribution in [3.8, 4) is 0 Å². The molecule has 0 aromatic heterocycles. The molecular weight excluding hydrogens is 350 g/mol. The van der Waals surface area contributed by atoms with Crippen molar-refractivity contribution in [3.63, 3.8) is 0 Å². The van der Waals surface area contributed by atoms with E-state index in [9.17, 15) is 18.4 Å². The molecule has 1 saturated heterocycles. The summed E-state index contributed by atoms with van der Waals surface area (Å²) < 4.78 is 26.3. The predicted molar refractivity (Wildman–Crippen MR) is 99.7 cm³/mol. The summed E-state index contributed by atoms with van der Waals surface area (Å²) in [6, 6.07) is 9.85. The number of carbonyl (C=O) groups is 2. The van der Waals surface area contributed by atoms with Gasteiger partial charge in [0.1, 0.15) is 0 Å². The third-order valence-corrected chi connectivity index (χ3v) is 4.91. The lowest BCUT2D eigenvalue weighted by Gasteiger charge is -2.35. The van der Waals surface area contributed by atoms with Crippen LogP contribution in [-0.2, 0) is 0 Å². The van der Waals surface area contributed by atoms with E-state index in [2.05, 4.69) is 12.2 Å². The number of halogens is 2. The molecule has 27 heavy (non-hydrogen) atoms. The van der Waals surface area contributed by atoms with E-state index in [1.54, 1.807) is 24.3 Å². The first-order chi connectivity index (χ1) is 13.0. The molecule has 1 aliphatic rings. The molecule has 2 aromatic rings. The van der Waals surface area contributed by atoms with Gasteiger partial charge in [0.15, 0.2) is 11.6 Å². The number of rotatable bonds is 4. The van der Waals surface area contributed by atoms with Gasteiger partial charge in [-0.1, -0.05) is 13.0 Å². The van der Waals surface area contributed by atoms with E-state index < -0.39 is 17.5 Å². The van der Waals surface area contributed by atoms with Crippen LogP contribution in [0.15, 0.2) is 42.5 Å². The van der Waals surface area contributed by atoms with Crippen LogP contribution in [-0.4, -0.2) is 29.3 Å². The van der Waals surface area contributed by atoms with Gasteiger partial charge in [-0.05, 0) is 56.0 Å².